The zero-order chi connectivity index (χ0) is 30.8. The van der Waals surface area contributed by atoms with Gasteiger partial charge in [0.15, 0.2) is 0 Å². The summed E-state index contributed by atoms with van der Waals surface area (Å²) < 4.78 is 34.5. The van der Waals surface area contributed by atoms with E-state index >= 15 is 0 Å². The Kier molecular flexibility index (Phi) is 26.6. The van der Waals surface area contributed by atoms with Gasteiger partial charge in [-0.3, -0.25) is 0 Å². The molecule has 0 saturated carbocycles. The van der Waals surface area contributed by atoms with E-state index in [9.17, 15) is 0 Å². The van der Waals surface area contributed by atoms with Crippen molar-refractivity contribution in [2.75, 3.05) is 62.3 Å². The van der Waals surface area contributed by atoms with Gasteiger partial charge in [0.05, 0.1) is 0 Å². The summed E-state index contributed by atoms with van der Waals surface area (Å²) in [6.07, 6.45) is 24.3. The Morgan fingerprint density at radius 3 is 0.951 bits per heavy atom. The Morgan fingerprint density at radius 2 is 0.683 bits per heavy atom. The van der Waals surface area contributed by atoms with Gasteiger partial charge in [-0.2, -0.15) is 0 Å². The van der Waals surface area contributed by atoms with Gasteiger partial charge in [-0.15, -0.1) is 0 Å². The van der Waals surface area contributed by atoms with Gasteiger partial charge in [0.25, 0.3) is 0 Å². The molecule has 0 amide bonds. The first-order valence-corrected chi connectivity index (χ1v) is 20.5. The third-order valence-electron chi connectivity index (χ3n) is 9.00. The van der Waals surface area contributed by atoms with Gasteiger partial charge in [-0.05, 0) is 38.9 Å². The highest BCUT2D eigenvalue weighted by Crippen LogP contribution is 2.29. The van der Waals surface area contributed by atoms with E-state index in [-0.39, 0.29) is 11.1 Å². The van der Waals surface area contributed by atoms with Gasteiger partial charge >= 0.3 is 17.6 Å². The third kappa shape index (κ3) is 17.3. The zero-order valence-electron chi connectivity index (χ0n) is 28.9. The van der Waals surface area contributed by atoms with Crippen molar-refractivity contribution in [3.05, 3.63) is 0 Å². The molecule has 9 heteroatoms. The predicted molar refractivity (Wildman–Crippen MR) is 178 cm³/mol. The second kappa shape index (κ2) is 26.5. The summed E-state index contributed by atoms with van der Waals surface area (Å²) in [4.78, 5) is 2.59. The van der Waals surface area contributed by atoms with E-state index in [4.69, 9.17) is 26.6 Å². The molecular formula is C32H71NO6Si2. The van der Waals surface area contributed by atoms with Crippen LogP contribution in [0.2, 0.25) is 11.1 Å². The van der Waals surface area contributed by atoms with Gasteiger partial charge in [-0.25, -0.2) is 0 Å². The number of rotatable bonds is 31. The number of unbranched alkanes of at least 4 members (excludes halogenated alkanes) is 15. The molecule has 248 valence electrons. The molecule has 0 bridgehead atoms. The molecule has 41 heavy (non-hydrogen) atoms. The highest BCUT2D eigenvalue weighted by Gasteiger charge is 2.45. The zero-order valence-corrected chi connectivity index (χ0v) is 30.9. The van der Waals surface area contributed by atoms with Crippen LogP contribution < -0.4 is 0 Å². The Balaban J connectivity index is 4.41. The van der Waals surface area contributed by atoms with Crippen molar-refractivity contribution in [2.24, 2.45) is 0 Å². The molecular weight excluding hydrogens is 551 g/mol. The average molecular weight is 622 g/mol. The van der Waals surface area contributed by atoms with Crippen LogP contribution in [0.15, 0.2) is 0 Å². The van der Waals surface area contributed by atoms with E-state index in [1.54, 1.807) is 42.7 Å². The quantitative estimate of drug-likeness (QED) is 0.0566. The van der Waals surface area contributed by atoms with Gasteiger partial charge in [0.2, 0.25) is 0 Å². The fourth-order valence-corrected chi connectivity index (χ4v) is 10.4. The lowest BCUT2D eigenvalue weighted by molar-refractivity contribution is 0.106. The molecule has 7 nitrogen and oxygen atoms in total. The van der Waals surface area contributed by atoms with Crippen molar-refractivity contribution in [1.29, 1.82) is 0 Å². The third-order valence-corrected chi connectivity index (χ3v) is 15.4. The largest absolute Gasteiger partial charge is 0.503 e. The van der Waals surface area contributed by atoms with Crippen LogP contribution in [-0.2, 0) is 26.6 Å². The predicted octanol–water partition coefficient (Wildman–Crippen LogP) is 8.87. The highest BCUT2D eigenvalue weighted by molar-refractivity contribution is 6.62. The lowest BCUT2D eigenvalue weighted by Crippen LogP contribution is -2.48. The van der Waals surface area contributed by atoms with Crippen molar-refractivity contribution >= 4 is 17.6 Å². The number of hydrogen-bond donors (Lipinski definition) is 0. The molecule has 0 heterocycles. The van der Waals surface area contributed by atoms with Crippen LogP contribution in [0.5, 0.6) is 0 Å². The smallest absolute Gasteiger partial charge is 0.377 e. The molecule has 0 aliphatic carbocycles. The van der Waals surface area contributed by atoms with Gasteiger partial charge < -0.3 is 31.5 Å². The lowest BCUT2D eigenvalue weighted by atomic mass is 10.0. The summed E-state index contributed by atoms with van der Waals surface area (Å²) in [5.74, 6) is 0. The molecule has 2 unspecified atom stereocenters. The van der Waals surface area contributed by atoms with Crippen LogP contribution in [-0.4, -0.2) is 84.8 Å². The molecule has 0 rings (SSSR count). The minimum Gasteiger partial charge on any atom is -0.377 e. The lowest BCUT2D eigenvalue weighted by Gasteiger charge is -2.33. The SMILES string of the molecule is CCCCCCCCCCCCCCCCCCN(CCC(C)[Si](OC)(OC)OC)CCC(C)[Si](OC)(OC)OC. The summed E-state index contributed by atoms with van der Waals surface area (Å²) in [5.41, 5.74) is 0.470. The molecule has 0 aliphatic heterocycles. The minimum absolute atomic E-state index is 0.235. The van der Waals surface area contributed by atoms with E-state index in [1.165, 1.54) is 103 Å². The summed E-state index contributed by atoms with van der Waals surface area (Å²) in [7, 11) is 4.95. The topological polar surface area (TPSA) is 58.6 Å². The van der Waals surface area contributed by atoms with Crippen molar-refractivity contribution in [3.8, 4) is 0 Å². The Hall–Kier alpha value is 0.154. The molecule has 0 saturated heterocycles. The average Bonchev–Trinajstić information content (AvgIpc) is 3.00. The van der Waals surface area contributed by atoms with Crippen molar-refractivity contribution in [3.63, 3.8) is 0 Å². The normalized spacial score (nSPS) is 14.2. The minimum atomic E-state index is -2.64. The first-order valence-electron chi connectivity index (χ1n) is 16.9. The molecule has 0 radical (unpaired) electrons. The second-order valence-electron chi connectivity index (χ2n) is 12.0. The Labute approximate surface area is 258 Å². The molecule has 0 spiro atoms. The van der Waals surface area contributed by atoms with Crippen molar-refractivity contribution < 1.29 is 26.6 Å². The van der Waals surface area contributed by atoms with Crippen molar-refractivity contribution in [1.82, 2.24) is 4.90 Å². The molecule has 0 fully saturated rings. The highest BCUT2D eigenvalue weighted by atomic mass is 28.4. The van der Waals surface area contributed by atoms with Crippen molar-refractivity contribution in [2.45, 2.75) is 147 Å². The molecule has 0 aliphatic rings. The van der Waals surface area contributed by atoms with E-state index < -0.39 is 17.6 Å². The van der Waals surface area contributed by atoms with Crippen LogP contribution in [0, 0.1) is 0 Å². The fourth-order valence-electron chi connectivity index (χ4n) is 6.03. The van der Waals surface area contributed by atoms with Crippen LogP contribution >= 0.6 is 0 Å². The summed E-state index contributed by atoms with van der Waals surface area (Å²) in [6.45, 7) is 9.78. The van der Waals surface area contributed by atoms with Crippen LogP contribution in [0.3, 0.4) is 0 Å². The fraction of sp³-hybridized carbons (Fsp3) is 1.00. The standard InChI is InChI=1S/C32H71NO6Si2/c1-10-11-12-13-14-15-16-17-18-19-20-21-22-23-24-25-28-33(29-26-31(2)40(34-4,35-5)36-6)30-27-32(3)41(37-7,38-8)39-9/h31-32H,10-30H2,1-9H3. The molecule has 0 aromatic carbocycles. The molecule has 0 aromatic heterocycles. The Morgan fingerprint density at radius 1 is 0.415 bits per heavy atom. The van der Waals surface area contributed by atoms with E-state index in [1.807, 2.05) is 0 Å². The van der Waals surface area contributed by atoms with Crippen LogP contribution in [0.25, 0.3) is 0 Å². The summed E-state index contributed by atoms with van der Waals surface area (Å²) in [5, 5.41) is 0. The summed E-state index contributed by atoms with van der Waals surface area (Å²) in [6, 6.07) is 0. The second-order valence-corrected chi connectivity index (χ2v) is 18.8. The van der Waals surface area contributed by atoms with Gasteiger partial charge in [0.1, 0.15) is 0 Å². The van der Waals surface area contributed by atoms with E-state index in [2.05, 4.69) is 25.7 Å². The van der Waals surface area contributed by atoms with Crippen LogP contribution in [0.1, 0.15) is 136 Å². The number of hydrogen-bond acceptors (Lipinski definition) is 7. The molecule has 0 aromatic rings. The Bertz CT molecular complexity index is 520. The summed E-state index contributed by atoms with van der Waals surface area (Å²) >= 11 is 0. The monoisotopic (exact) mass is 621 g/mol. The first-order chi connectivity index (χ1) is 19.8. The van der Waals surface area contributed by atoms with Gasteiger partial charge in [0, 0.05) is 53.7 Å². The van der Waals surface area contributed by atoms with E-state index in [0.717, 1.165) is 32.5 Å². The maximum atomic E-state index is 5.74. The van der Waals surface area contributed by atoms with E-state index in [0.29, 0.717) is 0 Å². The maximum absolute atomic E-state index is 5.74. The number of nitrogens with zero attached hydrogens (tertiary/aromatic N) is 1. The first kappa shape index (κ1) is 41.2. The van der Waals surface area contributed by atoms with Gasteiger partial charge in [-0.1, -0.05) is 117 Å². The molecule has 0 N–H and O–H groups in total. The molecule has 2 atom stereocenters. The van der Waals surface area contributed by atoms with Crippen LogP contribution in [0.4, 0.5) is 0 Å². The maximum Gasteiger partial charge on any atom is 0.503 e.